The van der Waals surface area contributed by atoms with Gasteiger partial charge >= 0.3 is 0 Å². The van der Waals surface area contributed by atoms with E-state index in [4.69, 9.17) is 0 Å². The summed E-state index contributed by atoms with van der Waals surface area (Å²) in [5.74, 6) is 0.901. The molecule has 0 spiro atoms. The fourth-order valence-corrected chi connectivity index (χ4v) is 3.23. The summed E-state index contributed by atoms with van der Waals surface area (Å²) in [5.41, 5.74) is 5.28. The highest BCUT2D eigenvalue weighted by Crippen LogP contribution is 2.20. The highest BCUT2D eigenvalue weighted by Gasteiger charge is 2.14. The molecule has 1 N–H and O–H groups in total. The molecule has 1 amide bonds. The number of carbonyl (C=O) groups is 1. The van der Waals surface area contributed by atoms with Crippen LogP contribution >= 0.6 is 0 Å². The Labute approximate surface area is 169 Å². The molecule has 6 nitrogen and oxygen atoms in total. The fraction of sp³-hybridized carbons (Fsp3) is 0.130. The molecule has 0 fully saturated rings. The summed E-state index contributed by atoms with van der Waals surface area (Å²) < 4.78 is 1.74. The molecule has 4 rings (SSSR count). The van der Waals surface area contributed by atoms with Gasteiger partial charge < -0.3 is 5.32 Å². The molecule has 29 heavy (non-hydrogen) atoms. The summed E-state index contributed by atoms with van der Waals surface area (Å²) in [4.78, 5) is 21.4. The third kappa shape index (κ3) is 4.06. The minimum Gasteiger partial charge on any atom is -0.306 e. The molecule has 6 heteroatoms. The molecule has 0 bridgehead atoms. The third-order valence-corrected chi connectivity index (χ3v) is 4.47. The van der Waals surface area contributed by atoms with Crippen molar-refractivity contribution in [3.05, 3.63) is 89.4 Å². The predicted molar refractivity (Wildman–Crippen MR) is 113 cm³/mol. The lowest BCUT2D eigenvalue weighted by molar-refractivity contribution is 0.102. The summed E-state index contributed by atoms with van der Waals surface area (Å²) in [6.45, 7) is 5.97. The molecule has 4 aromatic rings. The molecular weight excluding hydrogens is 362 g/mol. The Morgan fingerprint density at radius 2 is 1.55 bits per heavy atom. The largest absolute Gasteiger partial charge is 0.306 e. The van der Waals surface area contributed by atoms with Gasteiger partial charge in [0, 0.05) is 24.0 Å². The Hall–Kier alpha value is -3.80. The Kier molecular flexibility index (Phi) is 4.91. The highest BCUT2D eigenvalue weighted by atomic mass is 16.1. The van der Waals surface area contributed by atoms with Crippen molar-refractivity contribution in [2.24, 2.45) is 0 Å². The highest BCUT2D eigenvalue weighted by molar-refractivity contribution is 6.03. The van der Waals surface area contributed by atoms with E-state index in [2.05, 4.69) is 26.4 Å². The van der Waals surface area contributed by atoms with Gasteiger partial charge in [0.2, 0.25) is 0 Å². The molecular formula is C23H21N5O. The van der Waals surface area contributed by atoms with Crippen LogP contribution in [0.1, 0.15) is 27.2 Å². The molecule has 0 unspecified atom stereocenters. The average Bonchev–Trinajstić information content (AvgIpc) is 3.08. The van der Waals surface area contributed by atoms with Crippen LogP contribution in [0.5, 0.6) is 0 Å². The van der Waals surface area contributed by atoms with Crippen LogP contribution in [0.15, 0.2) is 67.0 Å². The van der Waals surface area contributed by atoms with Crippen LogP contribution in [0.4, 0.5) is 5.82 Å². The lowest BCUT2D eigenvalue weighted by Crippen LogP contribution is -2.16. The summed E-state index contributed by atoms with van der Waals surface area (Å²) in [7, 11) is 0. The Bertz CT molecular complexity index is 1140. The van der Waals surface area contributed by atoms with E-state index in [1.54, 1.807) is 4.68 Å². The summed E-state index contributed by atoms with van der Waals surface area (Å²) in [6, 6.07) is 17.7. The van der Waals surface area contributed by atoms with Crippen LogP contribution in [-0.2, 0) is 0 Å². The zero-order chi connectivity index (χ0) is 20.4. The first-order valence-corrected chi connectivity index (χ1v) is 9.34. The van der Waals surface area contributed by atoms with E-state index in [1.807, 2.05) is 69.3 Å². The minimum absolute atomic E-state index is 0.282. The van der Waals surface area contributed by atoms with E-state index >= 15 is 0 Å². The maximum absolute atomic E-state index is 12.8. The first-order chi connectivity index (χ1) is 14.0. The number of benzene rings is 2. The number of hydrogen-bond donors (Lipinski definition) is 1. The maximum Gasteiger partial charge on any atom is 0.259 e. The summed E-state index contributed by atoms with van der Waals surface area (Å²) in [6.07, 6.45) is 3.07. The van der Waals surface area contributed by atoms with Gasteiger partial charge in [-0.2, -0.15) is 5.10 Å². The van der Waals surface area contributed by atoms with Crippen molar-refractivity contribution in [3.8, 4) is 17.1 Å². The second-order valence-electron chi connectivity index (χ2n) is 7.04. The number of amides is 1. The lowest BCUT2D eigenvalue weighted by atomic mass is 10.1. The van der Waals surface area contributed by atoms with Crippen molar-refractivity contribution in [1.29, 1.82) is 0 Å². The van der Waals surface area contributed by atoms with Crippen LogP contribution in [0, 0.1) is 20.8 Å². The van der Waals surface area contributed by atoms with E-state index in [1.165, 1.54) is 12.4 Å². The average molecular weight is 383 g/mol. The second-order valence-corrected chi connectivity index (χ2v) is 7.04. The molecule has 144 valence electrons. The van der Waals surface area contributed by atoms with E-state index in [0.717, 1.165) is 28.1 Å². The molecule has 2 aromatic carbocycles. The van der Waals surface area contributed by atoms with E-state index < -0.39 is 0 Å². The standard InChI is InChI=1S/C23H21N5O/c1-15-9-16(2)11-20(10-15)28-21(12-17(3)27-28)26-23(29)19-13-24-22(25-14-19)18-7-5-4-6-8-18/h4-14H,1-3H3,(H,26,29). The van der Waals surface area contributed by atoms with E-state index in [9.17, 15) is 4.79 Å². The van der Waals surface area contributed by atoms with Crippen LogP contribution in [-0.4, -0.2) is 25.7 Å². The van der Waals surface area contributed by atoms with Crippen LogP contribution in [0.25, 0.3) is 17.1 Å². The molecule has 0 aliphatic carbocycles. The van der Waals surface area contributed by atoms with Crippen molar-refractivity contribution in [1.82, 2.24) is 19.7 Å². The van der Waals surface area contributed by atoms with Crippen LogP contribution in [0.3, 0.4) is 0 Å². The molecule has 2 aromatic heterocycles. The van der Waals surface area contributed by atoms with Crippen LogP contribution in [0.2, 0.25) is 0 Å². The first-order valence-electron chi connectivity index (χ1n) is 9.34. The predicted octanol–water partition coefficient (Wildman–Crippen LogP) is 4.51. The number of rotatable bonds is 4. The molecule has 0 saturated heterocycles. The Balaban J connectivity index is 1.59. The molecule has 2 heterocycles. The van der Waals surface area contributed by atoms with Gasteiger partial charge in [-0.1, -0.05) is 36.4 Å². The van der Waals surface area contributed by atoms with Gasteiger partial charge in [0.05, 0.1) is 16.9 Å². The number of hydrogen-bond acceptors (Lipinski definition) is 4. The number of nitrogens with zero attached hydrogens (tertiary/aromatic N) is 4. The van der Waals surface area contributed by atoms with E-state index in [-0.39, 0.29) is 5.91 Å². The molecule has 0 saturated carbocycles. The number of carbonyl (C=O) groups excluding carboxylic acids is 1. The normalized spacial score (nSPS) is 10.7. The number of aryl methyl sites for hydroxylation is 3. The minimum atomic E-state index is -0.282. The van der Waals surface area contributed by atoms with Gasteiger partial charge in [0.1, 0.15) is 5.82 Å². The van der Waals surface area contributed by atoms with Crippen molar-refractivity contribution in [2.75, 3.05) is 5.32 Å². The van der Waals surface area contributed by atoms with Gasteiger partial charge in [0.15, 0.2) is 5.82 Å². The summed E-state index contributed by atoms with van der Waals surface area (Å²) >= 11 is 0. The van der Waals surface area contributed by atoms with Crippen LogP contribution < -0.4 is 5.32 Å². The first kappa shape index (κ1) is 18.6. The van der Waals surface area contributed by atoms with Crippen molar-refractivity contribution in [2.45, 2.75) is 20.8 Å². The molecule has 0 aliphatic rings. The molecule has 0 aliphatic heterocycles. The Morgan fingerprint density at radius 1 is 0.897 bits per heavy atom. The monoisotopic (exact) mass is 383 g/mol. The quantitative estimate of drug-likeness (QED) is 0.563. The van der Waals surface area contributed by atoms with Crippen molar-refractivity contribution >= 4 is 11.7 Å². The van der Waals surface area contributed by atoms with Crippen molar-refractivity contribution in [3.63, 3.8) is 0 Å². The van der Waals surface area contributed by atoms with E-state index in [0.29, 0.717) is 17.2 Å². The molecule has 0 atom stereocenters. The SMILES string of the molecule is Cc1cc(C)cc(-n2nc(C)cc2NC(=O)c2cnc(-c3ccccc3)nc2)c1. The van der Waals surface area contributed by atoms with Gasteiger partial charge in [-0.05, 0) is 44.0 Å². The van der Waals surface area contributed by atoms with Crippen molar-refractivity contribution < 1.29 is 4.79 Å². The molecule has 0 radical (unpaired) electrons. The zero-order valence-corrected chi connectivity index (χ0v) is 16.5. The number of aromatic nitrogens is 4. The second kappa shape index (κ2) is 7.67. The van der Waals surface area contributed by atoms with Gasteiger partial charge in [-0.3, -0.25) is 4.79 Å². The number of anilines is 1. The van der Waals surface area contributed by atoms with Gasteiger partial charge in [0.25, 0.3) is 5.91 Å². The lowest BCUT2D eigenvalue weighted by Gasteiger charge is -2.10. The van der Waals surface area contributed by atoms with Gasteiger partial charge in [-0.25, -0.2) is 14.6 Å². The maximum atomic E-state index is 12.8. The summed E-state index contributed by atoms with van der Waals surface area (Å²) in [5, 5.41) is 7.46. The van der Waals surface area contributed by atoms with Gasteiger partial charge in [-0.15, -0.1) is 0 Å². The fourth-order valence-electron chi connectivity index (χ4n) is 3.23. The Morgan fingerprint density at radius 3 is 2.21 bits per heavy atom. The third-order valence-electron chi connectivity index (χ3n) is 4.47. The number of nitrogens with one attached hydrogen (secondary N) is 1. The zero-order valence-electron chi connectivity index (χ0n) is 16.5. The topological polar surface area (TPSA) is 72.7 Å². The smallest absolute Gasteiger partial charge is 0.259 e.